The summed E-state index contributed by atoms with van der Waals surface area (Å²) >= 11 is 0. The SMILES string of the molecule is CCCCCC/C=C/CCCCCCCC(=O)O[C@H](COC(=O)CCC/C=C/C/C=C/CCCCCCCCCCC)COP(=O)(O)OCC[N+](C)(C)C. The summed E-state index contributed by atoms with van der Waals surface area (Å²) in [5, 5.41) is 0. The number of phosphoric acid groups is 1. The highest BCUT2D eigenvalue weighted by Gasteiger charge is 2.27. The number of carbonyl (C=O) groups is 2. The van der Waals surface area contributed by atoms with Crippen LogP contribution in [-0.4, -0.2) is 74.9 Å². The molecule has 316 valence electrons. The highest BCUT2D eigenvalue weighted by Crippen LogP contribution is 2.43. The highest BCUT2D eigenvalue weighted by molar-refractivity contribution is 7.47. The zero-order valence-electron chi connectivity index (χ0n) is 35.5. The molecule has 1 unspecified atom stereocenters. The van der Waals surface area contributed by atoms with Gasteiger partial charge in [-0.25, -0.2) is 4.57 Å². The maximum absolute atomic E-state index is 12.6. The van der Waals surface area contributed by atoms with Gasteiger partial charge in [-0.3, -0.25) is 18.6 Å². The molecule has 0 aromatic carbocycles. The maximum atomic E-state index is 12.6. The Morgan fingerprint density at radius 1 is 0.574 bits per heavy atom. The standard InChI is InChI=1S/C44H82NO8P/c1-6-8-10-12-14-16-18-20-21-22-23-25-26-28-30-32-34-36-43(46)50-40-42(41-52-54(48,49)51-39-38-45(3,4)5)53-44(47)37-35-33-31-29-27-24-19-17-15-13-11-9-7-2/h17,19,23,25,28,30,42H,6-16,18,20-22,24,26-27,29,31-41H2,1-5H3/p+1/b19-17+,25-23+,30-28+/t42-/m1/s1. The predicted octanol–water partition coefficient (Wildman–Crippen LogP) is 12.1. The first-order valence-corrected chi connectivity index (χ1v) is 23.2. The number of unbranched alkanes of at least 4 members (excludes halogenated alkanes) is 19. The van der Waals surface area contributed by atoms with E-state index in [0.29, 0.717) is 23.9 Å². The lowest BCUT2D eigenvalue weighted by Crippen LogP contribution is -2.37. The third kappa shape index (κ3) is 39.9. The lowest BCUT2D eigenvalue weighted by molar-refractivity contribution is -0.870. The topological polar surface area (TPSA) is 108 Å². The molecule has 0 aliphatic rings. The molecule has 0 radical (unpaired) electrons. The van der Waals surface area contributed by atoms with E-state index in [1.54, 1.807) is 0 Å². The molecule has 0 amide bonds. The Balaban J connectivity index is 4.43. The number of allylic oxidation sites excluding steroid dienone is 6. The smallest absolute Gasteiger partial charge is 0.462 e. The second-order valence-electron chi connectivity index (χ2n) is 15.7. The van der Waals surface area contributed by atoms with E-state index >= 15 is 0 Å². The molecule has 0 bridgehead atoms. The van der Waals surface area contributed by atoms with Crippen LogP contribution < -0.4 is 0 Å². The van der Waals surface area contributed by atoms with E-state index in [1.165, 1.54) is 89.9 Å². The van der Waals surface area contributed by atoms with Gasteiger partial charge < -0.3 is 18.9 Å². The quantitative estimate of drug-likeness (QED) is 0.0216. The van der Waals surface area contributed by atoms with Gasteiger partial charge in [0.15, 0.2) is 6.10 Å². The number of ether oxygens (including phenoxy) is 2. The lowest BCUT2D eigenvalue weighted by atomic mass is 10.1. The number of hydrogen-bond acceptors (Lipinski definition) is 7. The highest BCUT2D eigenvalue weighted by atomic mass is 31.2. The minimum absolute atomic E-state index is 0.0240. The molecule has 9 nitrogen and oxygen atoms in total. The number of rotatable bonds is 39. The minimum Gasteiger partial charge on any atom is -0.462 e. The van der Waals surface area contributed by atoms with Crippen molar-refractivity contribution in [2.45, 2.75) is 187 Å². The summed E-state index contributed by atoms with van der Waals surface area (Å²) in [6.45, 7) is 4.35. The molecule has 0 saturated heterocycles. The van der Waals surface area contributed by atoms with Crippen LogP contribution in [0.15, 0.2) is 36.5 Å². The molecule has 0 fully saturated rings. The third-order valence-corrected chi connectivity index (χ3v) is 10.1. The average molecular weight is 785 g/mol. The number of nitrogens with zero attached hydrogens (tertiary/aromatic N) is 1. The molecule has 0 spiro atoms. The lowest BCUT2D eigenvalue weighted by Gasteiger charge is -2.24. The normalized spacial score (nSPS) is 14.0. The maximum Gasteiger partial charge on any atom is 0.472 e. The Morgan fingerprint density at radius 2 is 1.02 bits per heavy atom. The first kappa shape index (κ1) is 52.2. The largest absolute Gasteiger partial charge is 0.472 e. The van der Waals surface area contributed by atoms with E-state index in [1.807, 2.05) is 21.1 Å². The Kier molecular flexibility index (Phi) is 35.6. The van der Waals surface area contributed by atoms with E-state index in [-0.39, 0.29) is 26.1 Å². The first-order valence-electron chi connectivity index (χ1n) is 21.7. The van der Waals surface area contributed by atoms with Crippen molar-refractivity contribution >= 4 is 19.8 Å². The number of likely N-dealkylation sites (N-methyl/N-ethyl adjacent to an activating group) is 1. The molecule has 2 atom stereocenters. The second kappa shape index (κ2) is 36.8. The molecule has 0 aliphatic heterocycles. The van der Waals surface area contributed by atoms with Crippen molar-refractivity contribution < 1.29 is 42.1 Å². The van der Waals surface area contributed by atoms with Gasteiger partial charge >= 0.3 is 19.8 Å². The van der Waals surface area contributed by atoms with Gasteiger partial charge in [-0.15, -0.1) is 0 Å². The molecular weight excluding hydrogens is 701 g/mol. The molecule has 0 rings (SSSR count). The predicted molar refractivity (Wildman–Crippen MR) is 224 cm³/mol. The van der Waals surface area contributed by atoms with Crippen molar-refractivity contribution in [3.63, 3.8) is 0 Å². The summed E-state index contributed by atoms with van der Waals surface area (Å²) in [7, 11) is 1.45. The molecule has 1 N–H and O–H groups in total. The number of esters is 2. The van der Waals surface area contributed by atoms with Crippen LogP contribution >= 0.6 is 7.82 Å². The van der Waals surface area contributed by atoms with Gasteiger partial charge in [-0.05, 0) is 64.2 Å². The van der Waals surface area contributed by atoms with Crippen LogP contribution in [-0.2, 0) is 32.7 Å². The van der Waals surface area contributed by atoms with Crippen LogP contribution in [0.5, 0.6) is 0 Å². The van der Waals surface area contributed by atoms with E-state index in [0.717, 1.165) is 51.4 Å². The van der Waals surface area contributed by atoms with Gasteiger partial charge in [0.1, 0.15) is 19.8 Å². The van der Waals surface area contributed by atoms with Crippen molar-refractivity contribution in [2.75, 3.05) is 47.5 Å². The van der Waals surface area contributed by atoms with Crippen molar-refractivity contribution in [1.82, 2.24) is 0 Å². The molecule has 0 aromatic rings. The Labute approximate surface area is 331 Å². The fourth-order valence-corrected chi connectivity index (χ4v) is 6.44. The fraction of sp³-hybridized carbons (Fsp3) is 0.818. The van der Waals surface area contributed by atoms with E-state index in [2.05, 4.69) is 50.3 Å². The van der Waals surface area contributed by atoms with Crippen LogP contribution in [0, 0.1) is 0 Å². The minimum atomic E-state index is -4.38. The first-order chi connectivity index (χ1) is 26.0. The van der Waals surface area contributed by atoms with Crippen LogP contribution in [0.2, 0.25) is 0 Å². The van der Waals surface area contributed by atoms with Crippen LogP contribution in [0.25, 0.3) is 0 Å². The third-order valence-electron chi connectivity index (χ3n) is 9.14. The summed E-state index contributed by atoms with van der Waals surface area (Å²) in [6.07, 6.45) is 40.6. The number of phosphoric ester groups is 1. The Hall–Kier alpha value is -1.77. The number of quaternary nitrogens is 1. The second-order valence-corrected chi connectivity index (χ2v) is 17.2. The Bertz CT molecular complexity index is 1020. The number of carbonyl (C=O) groups excluding carboxylic acids is 2. The fourth-order valence-electron chi connectivity index (χ4n) is 5.69. The van der Waals surface area contributed by atoms with Crippen LogP contribution in [0.4, 0.5) is 0 Å². The monoisotopic (exact) mass is 785 g/mol. The van der Waals surface area contributed by atoms with Gasteiger partial charge in [0.05, 0.1) is 27.7 Å². The molecule has 0 aromatic heterocycles. The van der Waals surface area contributed by atoms with Crippen molar-refractivity contribution in [2.24, 2.45) is 0 Å². The van der Waals surface area contributed by atoms with Gasteiger partial charge in [-0.2, -0.15) is 0 Å². The molecule has 0 saturated carbocycles. The van der Waals surface area contributed by atoms with E-state index in [4.69, 9.17) is 18.5 Å². The zero-order valence-corrected chi connectivity index (χ0v) is 36.3. The molecule has 10 heteroatoms. The van der Waals surface area contributed by atoms with E-state index < -0.39 is 32.5 Å². The molecule has 54 heavy (non-hydrogen) atoms. The van der Waals surface area contributed by atoms with Crippen molar-refractivity contribution in [3.8, 4) is 0 Å². The van der Waals surface area contributed by atoms with Gasteiger partial charge in [0, 0.05) is 12.8 Å². The summed E-state index contributed by atoms with van der Waals surface area (Å²) in [5.41, 5.74) is 0. The van der Waals surface area contributed by atoms with Gasteiger partial charge in [0.2, 0.25) is 0 Å². The molecular formula is C44H83NO8P+. The average Bonchev–Trinajstić information content (AvgIpc) is 3.12. The van der Waals surface area contributed by atoms with Crippen LogP contribution in [0.1, 0.15) is 181 Å². The summed E-state index contributed by atoms with van der Waals surface area (Å²) < 4.78 is 34.2. The molecule has 0 aliphatic carbocycles. The summed E-state index contributed by atoms with van der Waals surface area (Å²) in [5.74, 6) is -0.861. The zero-order chi connectivity index (χ0) is 40.0. The van der Waals surface area contributed by atoms with Crippen LogP contribution in [0.3, 0.4) is 0 Å². The Morgan fingerprint density at radius 3 is 1.56 bits per heavy atom. The van der Waals surface area contributed by atoms with Gasteiger partial charge in [-0.1, -0.05) is 140 Å². The summed E-state index contributed by atoms with van der Waals surface area (Å²) in [6, 6.07) is 0. The van der Waals surface area contributed by atoms with Crippen molar-refractivity contribution in [3.05, 3.63) is 36.5 Å². The molecule has 0 heterocycles. The van der Waals surface area contributed by atoms with E-state index in [9.17, 15) is 19.0 Å². The number of hydrogen-bond donors (Lipinski definition) is 1. The summed E-state index contributed by atoms with van der Waals surface area (Å²) in [4.78, 5) is 35.3. The van der Waals surface area contributed by atoms with Gasteiger partial charge in [0.25, 0.3) is 0 Å². The van der Waals surface area contributed by atoms with Crippen molar-refractivity contribution in [1.29, 1.82) is 0 Å².